The number of alkyl halides is 1. The fraction of sp³-hybridized carbons (Fsp3) is 0.538. The van der Waals surface area contributed by atoms with E-state index >= 15 is 0 Å². The molecule has 0 N–H and O–H groups in total. The SMILES string of the molecule is O=S1(=O)CCC(C(CCl)Cc2ccc(F)cc2Cl)C1. The van der Waals surface area contributed by atoms with Crippen LogP contribution in [0.3, 0.4) is 0 Å². The Labute approximate surface area is 122 Å². The van der Waals surface area contributed by atoms with E-state index in [9.17, 15) is 12.8 Å². The summed E-state index contributed by atoms with van der Waals surface area (Å²) in [4.78, 5) is 0. The number of hydrogen-bond donors (Lipinski definition) is 0. The molecule has 2 rings (SSSR count). The van der Waals surface area contributed by atoms with Gasteiger partial charge in [-0.15, -0.1) is 11.6 Å². The molecular formula is C13H15Cl2FO2S. The Kier molecular flexibility index (Phi) is 4.75. The summed E-state index contributed by atoms with van der Waals surface area (Å²) in [5, 5.41) is 0.371. The molecule has 1 saturated heterocycles. The fourth-order valence-electron chi connectivity index (χ4n) is 2.51. The zero-order valence-corrected chi connectivity index (χ0v) is 12.6. The molecule has 6 heteroatoms. The van der Waals surface area contributed by atoms with Gasteiger partial charge in [0.1, 0.15) is 5.82 Å². The van der Waals surface area contributed by atoms with Gasteiger partial charge >= 0.3 is 0 Å². The first-order chi connectivity index (χ1) is 8.91. The van der Waals surface area contributed by atoms with Gasteiger partial charge in [-0.1, -0.05) is 17.7 Å². The van der Waals surface area contributed by atoms with Gasteiger partial charge in [-0.3, -0.25) is 0 Å². The zero-order valence-electron chi connectivity index (χ0n) is 10.3. The Morgan fingerprint density at radius 3 is 2.68 bits per heavy atom. The minimum atomic E-state index is -2.91. The summed E-state index contributed by atoms with van der Waals surface area (Å²) in [6.45, 7) is 0. The standard InChI is InChI=1S/C13H15Cl2FO2S/c14-7-11(10-3-4-19(17,18)8-10)5-9-1-2-12(16)6-13(9)15/h1-2,6,10-11H,3-5,7-8H2. The first kappa shape index (κ1) is 15.1. The normalized spacial score (nSPS) is 23.4. The van der Waals surface area contributed by atoms with Gasteiger partial charge in [0.25, 0.3) is 0 Å². The number of hydrogen-bond acceptors (Lipinski definition) is 2. The van der Waals surface area contributed by atoms with Crippen molar-refractivity contribution in [3.8, 4) is 0 Å². The minimum absolute atomic E-state index is 0.0573. The van der Waals surface area contributed by atoms with Gasteiger partial charge in [-0.25, -0.2) is 12.8 Å². The van der Waals surface area contributed by atoms with Crippen LogP contribution in [0.5, 0.6) is 0 Å². The average Bonchev–Trinajstić information content (AvgIpc) is 2.69. The lowest BCUT2D eigenvalue weighted by Crippen LogP contribution is -2.20. The van der Waals surface area contributed by atoms with E-state index in [0.717, 1.165) is 5.56 Å². The highest BCUT2D eigenvalue weighted by Gasteiger charge is 2.33. The van der Waals surface area contributed by atoms with Crippen molar-refractivity contribution in [2.75, 3.05) is 17.4 Å². The molecule has 2 atom stereocenters. The quantitative estimate of drug-likeness (QED) is 0.796. The van der Waals surface area contributed by atoms with Crippen LogP contribution < -0.4 is 0 Å². The highest BCUT2D eigenvalue weighted by atomic mass is 35.5. The summed E-state index contributed by atoms with van der Waals surface area (Å²) in [5.41, 5.74) is 0.818. The van der Waals surface area contributed by atoms with Crippen molar-refractivity contribution < 1.29 is 12.8 Å². The second-order valence-corrected chi connectivity index (χ2v) is 7.96. The van der Waals surface area contributed by atoms with Gasteiger partial charge in [0.2, 0.25) is 0 Å². The lowest BCUT2D eigenvalue weighted by Gasteiger charge is -2.20. The minimum Gasteiger partial charge on any atom is -0.229 e. The molecule has 0 aromatic heterocycles. The summed E-state index contributed by atoms with van der Waals surface area (Å²) in [6.07, 6.45) is 1.24. The van der Waals surface area contributed by atoms with Crippen molar-refractivity contribution in [2.24, 2.45) is 11.8 Å². The molecule has 0 radical (unpaired) electrons. The van der Waals surface area contributed by atoms with E-state index in [1.165, 1.54) is 12.1 Å². The molecule has 1 heterocycles. The number of benzene rings is 1. The van der Waals surface area contributed by atoms with Crippen LogP contribution in [-0.4, -0.2) is 25.8 Å². The van der Waals surface area contributed by atoms with Gasteiger partial charge in [0.05, 0.1) is 11.5 Å². The van der Waals surface area contributed by atoms with E-state index < -0.39 is 9.84 Å². The maximum atomic E-state index is 13.0. The summed E-state index contributed by atoms with van der Waals surface area (Å²) in [7, 11) is -2.91. The van der Waals surface area contributed by atoms with E-state index in [1.807, 2.05) is 0 Å². The molecule has 0 aliphatic carbocycles. The van der Waals surface area contributed by atoms with Crippen molar-refractivity contribution in [2.45, 2.75) is 12.8 Å². The zero-order chi connectivity index (χ0) is 14.0. The fourth-order valence-corrected chi connectivity index (χ4v) is 5.04. The molecule has 0 bridgehead atoms. The maximum Gasteiger partial charge on any atom is 0.150 e. The molecule has 0 saturated carbocycles. The Bertz CT molecular complexity index is 560. The Morgan fingerprint density at radius 1 is 1.42 bits per heavy atom. The topological polar surface area (TPSA) is 34.1 Å². The molecule has 1 aliphatic heterocycles. The third kappa shape index (κ3) is 3.83. The highest BCUT2D eigenvalue weighted by molar-refractivity contribution is 7.91. The van der Waals surface area contributed by atoms with E-state index in [2.05, 4.69) is 0 Å². The highest BCUT2D eigenvalue weighted by Crippen LogP contribution is 2.31. The summed E-state index contributed by atoms with van der Waals surface area (Å²) < 4.78 is 36.0. The molecule has 1 aromatic rings. The lowest BCUT2D eigenvalue weighted by molar-refractivity contribution is 0.398. The van der Waals surface area contributed by atoms with Crippen LogP contribution in [-0.2, 0) is 16.3 Å². The first-order valence-electron chi connectivity index (χ1n) is 6.11. The van der Waals surface area contributed by atoms with Crippen LogP contribution in [0.2, 0.25) is 5.02 Å². The second-order valence-electron chi connectivity index (χ2n) is 5.02. The van der Waals surface area contributed by atoms with E-state index in [-0.39, 0.29) is 29.2 Å². The van der Waals surface area contributed by atoms with Crippen LogP contribution >= 0.6 is 23.2 Å². The van der Waals surface area contributed by atoms with Crippen LogP contribution in [0.15, 0.2) is 18.2 Å². The maximum absolute atomic E-state index is 13.0. The van der Waals surface area contributed by atoms with Gasteiger partial charge in [0.15, 0.2) is 9.84 Å². The monoisotopic (exact) mass is 324 g/mol. The summed E-state index contributed by atoms with van der Waals surface area (Å²) in [6, 6.07) is 4.27. The molecule has 106 valence electrons. The number of sulfone groups is 1. The molecule has 19 heavy (non-hydrogen) atoms. The molecule has 2 nitrogen and oxygen atoms in total. The Hall–Kier alpha value is -0.320. The summed E-state index contributed by atoms with van der Waals surface area (Å²) in [5.74, 6) is 0.574. The van der Waals surface area contributed by atoms with E-state index in [4.69, 9.17) is 23.2 Å². The van der Waals surface area contributed by atoms with Crippen LogP contribution in [0.25, 0.3) is 0 Å². The van der Waals surface area contributed by atoms with E-state index in [1.54, 1.807) is 6.07 Å². The average molecular weight is 325 g/mol. The van der Waals surface area contributed by atoms with Crippen LogP contribution in [0.4, 0.5) is 4.39 Å². The predicted octanol–water partition coefficient (Wildman–Crippen LogP) is 3.31. The first-order valence-corrected chi connectivity index (χ1v) is 8.85. The van der Waals surface area contributed by atoms with Crippen LogP contribution in [0, 0.1) is 17.7 Å². The third-order valence-electron chi connectivity index (χ3n) is 3.63. The van der Waals surface area contributed by atoms with Crippen molar-refractivity contribution in [1.82, 2.24) is 0 Å². The van der Waals surface area contributed by atoms with Crippen molar-refractivity contribution >= 4 is 33.0 Å². The van der Waals surface area contributed by atoms with Crippen molar-refractivity contribution in [3.05, 3.63) is 34.6 Å². The van der Waals surface area contributed by atoms with Gasteiger partial charge in [-0.05, 0) is 42.4 Å². The molecule has 2 unspecified atom stereocenters. The van der Waals surface area contributed by atoms with Crippen LogP contribution in [0.1, 0.15) is 12.0 Å². The Morgan fingerprint density at radius 2 is 2.16 bits per heavy atom. The van der Waals surface area contributed by atoms with E-state index in [0.29, 0.717) is 23.7 Å². The third-order valence-corrected chi connectivity index (χ3v) is 6.17. The largest absolute Gasteiger partial charge is 0.229 e. The number of rotatable bonds is 4. The molecule has 1 fully saturated rings. The predicted molar refractivity (Wildman–Crippen MR) is 76.1 cm³/mol. The smallest absolute Gasteiger partial charge is 0.150 e. The molecular weight excluding hydrogens is 310 g/mol. The molecule has 0 spiro atoms. The van der Waals surface area contributed by atoms with Gasteiger partial charge in [-0.2, -0.15) is 0 Å². The van der Waals surface area contributed by atoms with Crippen molar-refractivity contribution in [1.29, 1.82) is 0 Å². The van der Waals surface area contributed by atoms with Gasteiger partial charge < -0.3 is 0 Å². The number of halogens is 3. The molecule has 1 aromatic carbocycles. The Balaban J connectivity index is 2.11. The lowest BCUT2D eigenvalue weighted by atomic mass is 9.88. The second kappa shape index (κ2) is 5.98. The summed E-state index contributed by atoms with van der Waals surface area (Å²) >= 11 is 12.0. The molecule has 0 amide bonds. The van der Waals surface area contributed by atoms with Crippen molar-refractivity contribution in [3.63, 3.8) is 0 Å². The van der Waals surface area contributed by atoms with Gasteiger partial charge in [0, 0.05) is 10.9 Å². The molecule has 1 aliphatic rings.